The molecule has 1 aromatic rings. The van der Waals surface area contributed by atoms with Crippen LogP contribution in [0.4, 0.5) is 5.69 Å². The maximum Gasteiger partial charge on any atom is 0.331 e. The number of benzene rings is 1. The molecule has 0 bridgehead atoms. The van der Waals surface area contributed by atoms with Crippen LogP contribution in [0.5, 0.6) is 0 Å². The average molecular weight is 323 g/mol. The Morgan fingerprint density at radius 3 is 1.83 bits per heavy atom. The van der Waals surface area contributed by atoms with Crippen molar-refractivity contribution in [2.45, 2.75) is 20.8 Å². The minimum atomic E-state index is -2.16. The second-order valence-electron chi connectivity index (χ2n) is 4.70. The Kier molecular flexibility index (Phi) is 5.94. The molecular weight excluding hydrogens is 306 g/mol. The number of carbonyl (C=O) groups excluding carboxylic acids is 3. The summed E-state index contributed by atoms with van der Waals surface area (Å²) in [6.07, 6.45) is 0. The highest BCUT2D eigenvalue weighted by Gasteiger charge is 2.51. The van der Waals surface area contributed by atoms with Gasteiger partial charge in [-0.05, 0) is 32.9 Å². The third-order valence-electron chi connectivity index (χ3n) is 3.16. The maximum absolute atomic E-state index is 12.6. The molecule has 0 unspecified atom stereocenters. The van der Waals surface area contributed by atoms with E-state index in [1.165, 1.54) is 12.1 Å². The van der Waals surface area contributed by atoms with Gasteiger partial charge in [0.15, 0.2) is 5.78 Å². The monoisotopic (exact) mass is 323 g/mol. The van der Waals surface area contributed by atoms with Crippen molar-refractivity contribution in [3.8, 4) is 0 Å². The molecule has 0 saturated carbocycles. The van der Waals surface area contributed by atoms with Gasteiger partial charge in [0.1, 0.15) is 0 Å². The summed E-state index contributed by atoms with van der Waals surface area (Å²) < 4.78 is 9.62. The molecule has 0 aliphatic heterocycles. The number of ketones is 1. The second kappa shape index (κ2) is 7.48. The number of nitrogens with zero attached hydrogens (tertiary/aromatic N) is 1. The third-order valence-corrected chi connectivity index (χ3v) is 3.16. The predicted octanol–water partition coefficient (Wildman–Crippen LogP) is 1.91. The van der Waals surface area contributed by atoms with Gasteiger partial charge in [-0.2, -0.15) is 0 Å². The van der Waals surface area contributed by atoms with Crippen LogP contribution in [0.2, 0.25) is 0 Å². The van der Waals surface area contributed by atoms with Crippen LogP contribution in [0.3, 0.4) is 0 Å². The van der Waals surface area contributed by atoms with Crippen molar-refractivity contribution in [2.24, 2.45) is 5.41 Å². The van der Waals surface area contributed by atoms with Gasteiger partial charge in [-0.3, -0.25) is 24.5 Å². The van der Waals surface area contributed by atoms with Crippen molar-refractivity contribution in [2.75, 3.05) is 13.2 Å². The number of carbonyl (C=O) groups is 3. The molecule has 0 saturated heterocycles. The summed E-state index contributed by atoms with van der Waals surface area (Å²) in [5.41, 5.74) is -2.41. The van der Waals surface area contributed by atoms with E-state index in [2.05, 4.69) is 0 Å². The molecule has 0 aliphatic rings. The van der Waals surface area contributed by atoms with Crippen LogP contribution in [0.15, 0.2) is 24.3 Å². The van der Waals surface area contributed by atoms with Gasteiger partial charge < -0.3 is 9.47 Å². The summed E-state index contributed by atoms with van der Waals surface area (Å²) in [6.45, 7) is 4.18. The number of nitro groups is 1. The van der Waals surface area contributed by atoms with E-state index in [9.17, 15) is 24.5 Å². The van der Waals surface area contributed by atoms with E-state index >= 15 is 0 Å². The molecular formula is C15H17NO7. The van der Waals surface area contributed by atoms with E-state index in [1.54, 1.807) is 13.8 Å². The first-order chi connectivity index (χ1) is 10.8. The van der Waals surface area contributed by atoms with E-state index in [0.29, 0.717) is 0 Å². The van der Waals surface area contributed by atoms with Crippen LogP contribution in [-0.2, 0) is 19.1 Å². The van der Waals surface area contributed by atoms with E-state index in [-0.39, 0.29) is 24.5 Å². The van der Waals surface area contributed by atoms with Gasteiger partial charge >= 0.3 is 11.9 Å². The van der Waals surface area contributed by atoms with Crippen LogP contribution in [0.25, 0.3) is 0 Å². The molecule has 0 fully saturated rings. The Balaban J connectivity index is 3.25. The molecule has 8 heteroatoms. The number of Topliss-reactive ketones (excluding diaryl/α,β-unsaturated/α-hetero) is 1. The molecule has 0 heterocycles. The highest BCUT2D eigenvalue weighted by molar-refractivity contribution is 6.25. The van der Waals surface area contributed by atoms with E-state index in [0.717, 1.165) is 19.1 Å². The molecule has 124 valence electrons. The first-order valence-electron chi connectivity index (χ1n) is 6.92. The Morgan fingerprint density at radius 1 is 1.04 bits per heavy atom. The average Bonchev–Trinajstić information content (AvgIpc) is 2.53. The summed E-state index contributed by atoms with van der Waals surface area (Å²) in [6, 6.07) is 4.59. The number of hydrogen-bond donors (Lipinski definition) is 0. The number of esters is 2. The van der Waals surface area contributed by atoms with Crippen molar-refractivity contribution < 1.29 is 28.8 Å². The number of ether oxygens (including phenoxy) is 2. The molecule has 8 nitrogen and oxygen atoms in total. The van der Waals surface area contributed by atoms with E-state index in [1.807, 2.05) is 0 Å². The normalized spacial score (nSPS) is 10.7. The van der Waals surface area contributed by atoms with Gasteiger partial charge in [-0.1, -0.05) is 0 Å². The SMILES string of the molecule is CCOC(=O)C(C)(C(=O)OCC)C(=O)c1ccc([N+](=O)[O-])cc1. The molecule has 1 aromatic carbocycles. The van der Waals surface area contributed by atoms with E-state index in [4.69, 9.17) is 9.47 Å². The van der Waals surface area contributed by atoms with Crippen LogP contribution >= 0.6 is 0 Å². The van der Waals surface area contributed by atoms with Crippen molar-refractivity contribution in [1.82, 2.24) is 0 Å². The quantitative estimate of drug-likeness (QED) is 0.247. The van der Waals surface area contributed by atoms with Gasteiger partial charge in [0.25, 0.3) is 5.69 Å². The zero-order chi connectivity index (χ0) is 17.6. The molecule has 1 rings (SSSR count). The topological polar surface area (TPSA) is 113 Å². The van der Waals surface area contributed by atoms with Crippen molar-refractivity contribution in [3.63, 3.8) is 0 Å². The number of non-ortho nitro benzene ring substituents is 1. The Labute approximate surface area is 132 Å². The van der Waals surface area contributed by atoms with Crippen LogP contribution < -0.4 is 0 Å². The van der Waals surface area contributed by atoms with Crippen molar-refractivity contribution in [1.29, 1.82) is 0 Å². The first-order valence-corrected chi connectivity index (χ1v) is 6.92. The standard InChI is InChI=1S/C15H17NO7/c1-4-22-13(18)15(3,14(19)23-5-2)12(17)10-6-8-11(9-7-10)16(20)21/h6-9H,4-5H2,1-3H3. The predicted molar refractivity (Wildman–Crippen MR) is 78.8 cm³/mol. The third kappa shape index (κ3) is 3.71. The number of rotatable bonds is 7. The molecule has 23 heavy (non-hydrogen) atoms. The lowest BCUT2D eigenvalue weighted by Crippen LogP contribution is -2.46. The summed E-state index contributed by atoms with van der Waals surface area (Å²) in [5.74, 6) is -2.90. The fraction of sp³-hybridized carbons (Fsp3) is 0.400. The summed E-state index contributed by atoms with van der Waals surface area (Å²) in [4.78, 5) is 46.9. The van der Waals surface area contributed by atoms with Gasteiger partial charge in [0.2, 0.25) is 5.41 Å². The number of nitro benzene ring substituents is 1. The lowest BCUT2D eigenvalue weighted by atomic mass is 9.82. The smallest absolute Gasteiger partial charge is 0.331 e. The zero-order valence-corrected chi connectivity index (χ0v) is 13.0. The largest absolute Gasteiger partial charge is 0.465 e. The highest BCUT2D eigenvalue weighted by atomic mass is 16.6. The molecule has 0 atom stereocenters. The highest BCUT2D eigenvalue weighted by Crippen LogP contribution is 2.27. The first kappa shape index (κ1) is 18.3. The molecule has 0 aromatic heterocycles. The van der Waals surface area contributed by atoms with E-state index < -0.39 is 28.1 Å². The Bertz CT molecular complexity index is 603. The Hall–Kier alpha value is -2.77. The zero-order valence-electron chi connectivity index (χ0n) is 13.0. The molecule has 0 N–H and O–H groups in total. The fourth-order valence-corrected chi connectivity index (χ4v) is 1.84. The van der Waals surface area contributed by atoms with Crippen LogP contribution in [0.1, 0.15) is 31.1 Å². The van der Waals surface area contributed by atoms with Gasteiger partial charge in [-0.25, -0.2) is 0 Å². The fourth-order valence-electron chi connectivity index (χ4n) is 1.84. The summed E-state index contributed by atoms with van der Waals surface area (Å²) >= 11 is 0. The minimum absolute atomic E-state index is 0.0125. The Morgan fingerprint density at radius 2 is 1.48 bits per heavy atom. The van der Waals surface area contributed by atoms with Gasteiger partial charge in [0.05, 0.1) is 18.1 Å². The lowest BCUT2D eigenvalue weighted by Gasteiger charge is -2.23. The summed E-state index contributed by atoms with van der Waals surface area (Å²) in [5, 5.41) is 10.6. The molecule has 0 amide bonds. The maximum atomic E-state index is 12.6. The lowest BCUT2D eigenvalue weighted by molar-refractivity contribution is -0.384. The van der Waals surface area contributed by atoms with Gasteiger partial charge in [0, 0.05) is 17.7 Å². The molecule has 0 spiro atoms. The van der Waals surface area contributed by atoms with Crippen LogP contribution in [0, 0.1) is 15.5 Å². The van der Waals surface area contributed by atoms with Crippen molar-refractivity contribution in [3.05, 3.63) is 39.9 Å². The summed E-state index contributed by atoms with van der Waals surface area (Å²) in [7, 11) is 0. The molecule has 0 radical (unpaired) electrons. The van der Waals surface area contributed by atoms with Crippen LogP contribution in [-0.4, -0.2) is 35.9 Å². The number of hydrogen-bond acceptors (Lipinski definition) is 7. The minimum Gasteiger partial charge on any atom is -0.465 e. The van der Waals surface area contributed by atoms with Crippen molar-refractivity contribution >= 4 is 23.4 Å². The molecule has 0 aliphatic carbocycles. The van der Waals surface area contributed by atoms with Gasteiger partial charge in [-0.15, -0.1) is 0 Å². The second-order valence-corrected chi connectivity index (χ2v) is 4.70.